The van der Waals surface area contributed by atoms with Crippen molar-refractivity contribution in [3.63, 3.8) is 0 Å². The van der Waals surface area contributed by atoms with Crippen molar-refractivity contribution in [1.29, 1.82) is 0 Å². The van der Waals surface area contributed by atoms with E-state index in [2.05, 4.69) is 5.32 Å². The monoisotopic (exact) mass is 287 g/mol. The summed E-state index contributed by atoms with van der Waals surface area (Å²) in [5.74, 6) is 1.67. The van der Waals surface area contributed by atoms with Gasteiger partial charge in [0.05, 0.1) is 5.69 Å². The van der Waals surface area contributed by atoms with E-state index in [1.165, 1.54) is 0 Å². The summed E-state index contributed by atoms with van der Waals surface area (Å²) in [4.78, 5) is 12.3. The van der Waals surface area contributed by atoms with Crippen molar-refractivity contribution < 1.29 is 14.6 Å². The number of anilines is 1. The standard InChI is InChI=1S/C15H13NO3S/c17-11-3-1-10(2-4-11)9-20-12-5-6-13-14(7-12)19-8-15(18)16-13/h1-7,17H,8-9H2,(H,16,18). The molecule has 0 unspecified atom stereocenters. The molecule has 1 aliphatic rings. The molecule has 0 aromatic heterocycles. The first-order chi connectivity index (χ1) is 9.70. The summed E-state index contributed by atoms with van der Waals surface area (Å²) in [5, 5.41) is 12.0. The number of hydrogen-bond acceptors (Lipinski definition) is 4. The van der Waals surface area contributed by atoms with Gasteiger partial charge in [-0.05, 0) is 35.9 Å². The lowest BCUT2D eigenvalue weighted by Gasteiger charge is -2.18. The molecule has 0 spiro atoms. The second-order valence-corrected chi connectivity index (χ2v) is 5.50. The number of fused-ring (bicyclic) bond motifs is 1. The minimum absolute atomic E-state index is 0.0685. The number of benzene rings is 2. The van der Waals surface area contributed by atoms with E-state index in [9.17, 15) is 9.90 Å². The highest BCUT2D eigenvalue weighted by molar-refractivity contribution is 7.98. The van der Waals surface area contributed by atoms with Crippen molar-refractivity contribution in [2.24, 2.45) is 0 Å². The van der Waals surface area contributed by atoms with Crippen LogP contribution in [-0.2, 0) is 10.5 Å². The van der Waals surface area contributed by atoms with Crippen LogP contribution in [0.1, 0.15) is 5.56 Å². The van der Waals surface area contributed by atoms with Crippen LogP contribution in [0.5, 0.6) is 11.5 Å². The Morgan fingerprint density at radius 3 is 2.80 bits per heavy atom. The van der Waals surface area contributed by atoms with Gasteiger partial charge in [-0.1, -0.05) is 12.1 Å². The van der Waals surface area contributed by atoms with Gasteiger partial charge in [0, 0.05) is 10.6 Å². The first-order valence-electron chi connectivity index (χ1n) is 6.18. The lowest BCUT2D eigenvalue weighted by molar-refractivity contribution is -0.118. The van der Waals surface area contributed by atoms with Gasteiger partial charge in [0.25, 0.3) is 5.91 Å². The summed E-state index contributed by atoms with van der Waals surface area (Å²) >= 11 is 1.68. The number of rotatable bonds is 3. The SMILES string of the molecule is O=C1COc2cc(SCc3ccc(O)cc3)ccc2N1. The van der Waals surface area contributed by atoms with Gasteiger partial charge in [-0.25, -0.2) is 0 Å². The van der Waals surface area contributed by atoms with Crippen molar-refractivity contribution in [2.45, 2.75) is 10.6 Å². The summed E-state index contributed by atoms with van der Waals surface area (Å²) < 4.78 is 5.39. The number of carbonyl (C=O) groups excluding carboxylic acids is 1. The summed E-state index contributed by atoms with van der Waals surface area (Å²) in [6, 6.07) is 12.9. The zero-order valence-electron chi connectivity index (χ0n) is 10.6. The van der Waals surface area contributed by atoms with E-state index in [0.717, 1.165) is 21.9 Å². The molecule has 1 aliphatic heterocycles. The molecule has 0 saturated heterocycles. The summed E-state index contributed by atoms with van der Waals surface area (Å²) in [7, 11) is 0. The molecule has 2 aromatic carbocycles. The van der Waals surface area contributed by atoms with Gasteiger partial charge >= 0.3 is 0 Å². The van der Waals surface area contributed by atoms with Crippen molar-refractivity contribution in [1.82, 2.24) is 0 Å². The molecule has 2 aromatic rings. The van der Waals surface area contributed by atoms with E-state index in [0.29, 0.717) is 5.75 Å². The molecule has 0 atom stereocenters. The number of phenolic OH excluding ortho intramolecular Hbond substituents is 1. The van der Waals surface area contributed by atoms with E-state index >= 15 is 0 Å². The third-order valence-electron chi connectivity index (χ3n) is 2.93. The molecule has 102 valence electrons. The maximum absolute atomic E-state index is 11.2. The van der Waals surface area contributed by atoms with Crippen molar-refractivity contribution in [2.75, 3.05) is 11.9 Å². The Bertz CT molecular complexity index is 640. The lowest BCUT2D eigenvalue weighted by atomic mass is 10.2. The topological polar surface area (TPSA) is 58.6 Å². The van der Waals surface area contributed by atoms with Gasteiger partial charge in [-0.3, -0.25) is 4.79 Å². The molecule has 4 nitrogen and oxygen atoms in total. The molecule has 2 N–H and O–H groups in total. The molecule has 3 rings (SSSR count). The Morgan fingerprint density at radius 1 is 1.20 bits per heavy atom. The van der Waals surface area contributed by atoms with Crippen LogP contribution < -0.4 is 10.1 Å². The molecular formula is C15H13NO3S. The first kappa shape index (κ1) is 12.9. The maximum atomic E-state index is 11.2. The fourth-order valence-corrected chi connectivity index (χ4v) is 2.78. The number of hydrogen-bond donors (Lipinski definition) is 2. The predicted octanol–water partition coefficient (Wildman–Crippen LogP) is 3.02. The van der Waals surface area contributed by atoms with Gasteiger partial charge in [0.2, 0.25) is 0 Å². The molecule has 5 heteroatoms. The third-order valence-corrected chi connectivity index (χ3v) is 3.99. The molecule has 0 bridgehead atoms. The quantitative estimate of drug-likeness (QED) is 0.852. The zero-order chi connectivity index (χ0) is 13.9. The van der Waals surface area contributed by atoms with Crippen molar-refractivity contribution in [3.8, 4) is 11.5 Å². The summed E-state index contributed by atoms with van der Waals surface area (Å²) in [5.41, 5.74) is 1.86. The van der Waals surface area contributed by atoms with E-state index in [-0.39, 0.29) is 18.3 Å². The van der Waals surface area contributed by atoms with Gasteiger partial charge < -0.3 is 15.2 Å². The van der Waals surface area contributed by atoms with Crippen LogP contribution in [0.25, 0.3) is 0 Å². The minimum atomic E-state index is -0.123. The fourth-order valence-electron chi connectivity index (χ4n) is 1.90. The predicted molar refractivity (Wildman–Crippen MR) is 78.2 cm³/mol. The van der Waals surface area contributed by atoms with E-state index in [1.54, 1.807) is 23.9 Å². The smallest absolute Gasteiger partial charge is 0.262 e. The van der Waals surface area contributed by atoms with E-state index < -0.39 is 0 Å². The highest BCUT2D eigenvalue weighted by Crippen LogP contribution is 2.33. The summed E-state index contributed by atoms with van der Waals surface area (Å²) in [6.07, 6.45) is 0. The van der Waals surface area contributed by atoms with Gasteiger partial charge in [-0.15, -0.1) is 11.8 Å². The van der Waals surface area contributed by atoms with Crippen LogP contribution in [0.4, 0.5) is 5.69 Å². The molecular weight excluding hydrogens is 274 g/mol. The van der Waals surface area contributed by atoms with Crippen LogP contribution in [0, 0.1) is 0 Å². The Hall–Kier alpha value is -2.14. The number of carbonyl (C=O) groups is 1. The van der Waals surface area contributed by atoms with Gasteiger partial charge in [0.1, 0.15) is 11.5 Å². The number of aromatic hydroxyl groups is 1. The minimum Gasteiger partial charge on any atom is -0.508 e. The highest BCUT2D eigenvalue weighted by Gasteiger charge is 2.15. The van der Waals surface area contributed by atoms with Gasteiger partial charge in [-0.2, -0.15) is 0 Å². The summed E-state index contributed by atoms with van der Waals surface area (Å²) in [6.45, 7) is 0.0685. The maximum Gasteiger partial charge on any atom is 0.262 e. The van der Waals surface area contributed by atoms with Crippen LogP contribution >= 0.6 is 11.8 Å². The molecule has 20 heavy (non-hydrogen) atoms. The average Bonchev–Trinajstić information content (AvgIpc) is 2.46. The van der Waals surface area contributed by atoms with Gasteiger partial charge in [0.15, 0.2) is 6.61 Å². The molecule has 1 amide bonds. The lowest BCUT2D eigenvalue weighted by Crippen LogP contribution is -2.25. The Labute approximate surface area is 120 Å². The number of ether oxygens (including phenoxy) is 1. The largest absolute Gasteiger partial charge is 0.508 e. The molecule has 0 saturated carbocycles. The number of phenols is 1. The molecule has 0 radical (unpaired) electrons. The second-order valence-electron chi connectivity index (χ2n) is 4.45. The number of thioether (sulfide) groups is 1. The van der Waals surface area contributed by atoms with Crippen molar-refractivity contribution in [3.05, 3.63) is 48.0 Å². The van der Waals surface area contributed by atoms with Crippen LogP contribution in [0.15, 0.2) is 47.4 Å². The van der Waals surface area contributed by atoms with Crippen molar-refractivity contribution >= 4 is 23.4 Å². The Balaban J connectivity index is 1.69. The first-order valence-corrected chi connectivity index (χ1v) is 7.17. The average molecular weight is 287 g/mol. The molecule has 1 heterocycles. The van der Waals surface area contributed by atoms with Crippen LogP contribution in [-0.4, -0.2) is 17.6 Å². The van der Waals surface area contributed by atoms with E-state index in [1.807, 2.05) is 30.3 Å². The van der Waals surface area contributed by atoms with E-state index in [4.69, 9.17) is 4.74 Å². The number of amides is 1. The van der Waals surface area contributed by atoms with Crippen LogP contribution in [0.3, 0.4) is 0 Å². The second kappa shape index (κ2) is 5.46. The normalized spacial score (nSPS) is 13.3. The fraction of sp³-hybridized carbons (Fsp3) is 0.133. The highest BCUT2D eigenvalue weighted by atomic mass is 32.2. The number of nitrogens with one attached hydrogen (secondary N) is 1. The molecule has 0 fully saturated rings. The Kier molecular flexibility index (Phi) is 3.52. The Morgan fingerprint density at radius 2 is 2.00 bits per heavy atom. The van der Waals surface area contributed by atoms with Crippen LogP contribution in [0.2, 0.25) is 0 Å². The zero-order valence-corrected chi connectivity index (χ0v) is 11.4. The third kappa shape index (κ3) is 2.88. The molecule has 0 aliphatic carbocycles.